The van der Waals surface area contributed by atoms with Gasteiger partial charge in [0, 0.05) is 43.3 Å². The Morgan fingerprint density at radius 1 is 0.926 bits per heavy atom. The minimum atomic E-state index is -0.166. The number of halogens is 1. The molecule has 0 unspecified atom stereocenters. The summed E-state index contributed by atoms with van der Waals surface area (Å²) in [6.45, 7) is 0.777. The van der Waals surface area contributed by atoms with Crippen molar-refractivity contribution in [2.45, 2.75) is 13.0 Å². The summed E-state index contributed by atoms with van der Waals surface area (Å²) in [4.78, 5) is 20.7. The second-order valence-electron chi connectivity index (χ2n) is 6.26. The largest absolute Gasteiger partial charge is 0.330 e. The number of pyridine rings is 2. The van der Waals surface area contributed by atoms with E-state index < -0.39 is 0 Å². The van der Waals surface area contributed by atoms with E-state index in [0.717, 1.165) is 17.8 Å². The molecule has 0 aliphatic rings. The van der Waals surface area contributed by atoms with Gasteiger partial charge in [0.15, 0.2) is 0 Å². The molecular formula is C21H17ClN4O. The number of hydrogen-bond acceptors (Lipinski definition) is 3. The summed E-state index contributed by atoms with van der Waals surface area (Å²) in [5, 5.41) is 0.491. The topological polar surface area (TPSA) is 52.7 Å². The van der Waals surface area contributed by atoms with Crippen LogP contribution >= 0.6 is 11.6 Å². The molecule has 3 aromatic heterocycles. The van der Waals surface area contributed by atoms with E-state index in [9.17, 15) is 4.79 Å². The molecule has 0 aliphatic carbocycles. The molecule has 0 saturated heterocycles. The Kier molecular flexibility index (Phi) is 4.85. The lowest BCUT2D eigenvalue weighted by Crippen LogP contribution is -2.17. The van der Waals surface area contributed by atoms with Crippen LogP contribution in [0.15, 0.2) is 84.3 Å². The van der Waals surface area contributed by atoms with E-state index in [4.69, 9.17) is 11.6 Å². The second kappa shape index (κ2) is 7.60. The number of imidazole rings is 1. The van der Waals surface area contributed by atoms with Gasteiger partial charge in [-0.15, -0.1) is 0 Å². The summed E-state index contributed by atoms with van der Waals surface area (Å²) in [6.07, 6.45) is 7.78. The molecule has 4 aromatic rings. The standard InChI is InChI=1S/C21H17ClN4O/c22-18-7-9-21(27)26(14-18)20-8-6-17(11-24-20)10-19-12-23-15-25(19)13-16-4-2-1-3-5-16/h1-9,11-12,14-15H,10,13H2. The number of rotatable bonds is 5. The van der Waals surface area contributed by atoms with Gasteiger partial charge in [0.25, 0.3) is 5.56 Å². The molecule has 5 nitrogen and oxygen atoms in total. The summed E-state index contributed by atoms with van der Waals surface area (Å²) in [7, 11) is 0. The van der Waals surface area contributed by atoms with Gasteiger partial charge in [-0.3, -0.25) is 9.36 Å². The lowest BCUT2D eigenvalue weighted by atomic mass is 10.1. The van der Waals surface area contributed by atoms with Crippen LogP contribution in [0.25, 0.3) is 5.82 Å². The van der Waals surface area contributed by atoms with Gasteiger partial charge in [0.05, 0.1) is 11.3 Å². The van der Waals surface area contributed by atoms with Crippen molar-refractivity contribution in [2.75, 3.05) is 0 Å². The van der Waals surface area contributed by atoms with Crippen LogP contribution in [0.5, 0.6) is 0 Å². The van der Waals surface area contributed by atoms with Crippen molar-refractivity contribution >= 4 is 11.6 Å². The molecule has 0 fully saturated rings. The Labute approximate surface area is 161 Å². The second-order valence-corrected chi connectivity index (χ2v) is 6.69. The van der Waals surface area contributed by atoms with Gasteiger partial charge in [0.1, 0.15) is 5.82 Å². The fraction of sp³-hybridized carbons (Fsp3) is 0.0952. The van der Waals surface area contributed by atoms with E-state index in [0.29, 0.717) is 17.3 Å². The molecule has 0 radical (unpaired) electrons. The predicted molar refractivity (Wildman–Crippen MR) is 105 cm³/mol. The highest BCUT2D eigenvalue weighted by molar-refractivity contribution is 6.30. The minimum absolute atomic E-state index is 0.166. The summed E-state index contributed by atoms with van der Waals surface area (Å²) in [5.41, 5.74) is 3.21. The summed E-state index contributed by atoms with van der Waals surface area (Å²) < 4.78 is 3.57. The zero-order chi connectivity index (χ0) is 18.6. The maximum absolute atomic E-state index is 12.0. The first-order valence-corrected chi connectivity index (χ1v) is 8.93. The first-order chi connectivity index (χ1) is 13.2. The molecule has 3 heterocycles. The van der Waals surface area contributed by atoms with Crippen molar-refractivity contribution in [1.82, 2.24) is 19.1 Å². The lowest BCUT2D eigenvalue weighted by molar-refractivity contribution is 0.752. The molecule has 0 amide bonds. The number of nitrogens with zero attached hydrogens (tertiary/aromatic N) is 4. The average molecular weight is 377 g/mol. The molecule has 4 rings (SSSR count). The first-order valence-electron chi connectivity index (χ1n) is 8.55. The van der Waals surface area contributed by atoms with E-state index in [1.165, 1.54) is 16.2 Å². The molecule has 0 spiro atoms. The van der Waals surface area contributed by atoms with E-state index in [1.807, 2.05) is 42.9 Å². The molecule has 1 aromatic carbocycles. The van der Waals surface area contributed by atoms with Crippen LogP contribution in [0, 0.1) is 0 Å². The number of aromatic nitrogens is 4. The summed E-state index contributed by atoms with van der Waals surface area (Å²) in [6, 6.07) is 17.1. The van der Waals surface area contributed by atoms with Gasteiger partial charge < -0.3 is 4.57 Å². The van der Waals surface area contributed by atoms with Gasteiger partial charge >= 0.3 is 0 Å². The van der Waals surface area contributed by atoms with Crippen LogP contribution < -0.4 is 5.56 Å². The zero-order valence-electron chi connectivity index (χ0n) is 14.5. The maximum atomic E-state index is 12.0. The minimum Gasteiger partial charge on any atom is -0.330 e. The highest BCUT2D eigenvalue weighted by Crippen LogP contribution is 2.13. The van der Waals surface area contributed by atoms with Gasteiger partial charge in [-0.05, 0) is 23.3 Å². The van der Waals surface area contributed by atoms with Crippen molar-refractivity contribution in [3.8, 4) is 5.82 Å². The van der Waals surface area contributed by atoms with Crippen LogP contribution in [-0.2, 0) is 13.0 Å². The Balaban J connectivity index is 1.54. The molecule has 0 saturated carbocycles. The Hall–Kier alpha value is -3.18. The van der Waals surface area contributed by atoms with Gasteiger partial charge in [-0.1, -0.05) is 48.0 Å². The third-order valence-electron chi connectivity index (χ3n) is 4.31. The normalized spacial score (nSPS) is 10.9. The van der Waals surface area contributed by atoms with Gasteiger partial charge in [-0.2, -0.15) is 0 Å². The van der Waals surface area contributed by atoms with Crippen LogP contribution in [0.4, 0.5) is 0 Å². The van der Waals surface area contributed by atoms with E-state index in [1.54, 1.807) is 18.5 Å². The molecule has 134 valence electrons. The van der Waals surface area contributed by atoms with Crippen molar-refractivity contribution < 1.29 is 0 Å². The molecule has 6 heteroatoms. The monoisotopic (exact) mass is 376 g/mol. The van der Waals surface area contributed by atoms with Gasteiger partial charge in [0.2, 0.25) is 0 Å². The van der Waals surface area contributed by atoms with Crippen LogP contribution in [0.2, 0.25) is 5.02 Å². The molecule has 27 heavy (non-hydrogen) atoms. The third-order valence-corrected chi connectivity index (χ3v) is 4.53. The average Bonchev–Trinajstić information content (AvgIpc) is 3.12. The zero-order valence-corrected chi connectivity index (χ0v) is 15.3. The fourth-order valence-corrected chi connectivity index (χ4v) is 3.09. The van der Waals surface area contributed by atoms with E-state index >= 15 is 0 Å². The number of benzene rings is 1. The number of hydrogen-bond donors (Lipinski definition) is 0. The molecule has 0 atom stereocenters. The van der Waals surface area contributed by atoms with E-state index in [-0.39, 0.29) is 5.56 Å². The fourth-order valence-electron chi connectivity index (χ4n) is 2.93. The Morgan fingerprint density at radius 3 is 2.56 bits per heavy atom. The highest BCUT2D eigenvalue weighted by atomic mass is 35.5. The summed E-state index contributed by atoms with van der Waals surface area (Å²) >= 11 is 5.98. The van der Waals surface area contributed by atoms with Gasteiger partial charge in [-0.25, -0.2) is 9.97 Å². The molecule has 0 bridgehead atoms. The predicted octanol–water partition coefficient (Wildman–Crippen LogP) is 3.72. The SMILES string of the molecule is O=c1ccc(Cl)cn1-c1ccc(Cc2cncn2Cc2ccccc2)cn1. The van der Waals surface area contributed by atoms with Crippen molar-refractivity contribution in [2.24, 2.45) is 0 Å². The van der Waals surface area contributed by atoms with Crippen molar-refractivity contribution in [3.05, 3.63) is 112 Å². The Bertz CT molecular complexity index is 1100. The molecular weight excluding hydrogens is 360 g/mol. The lowest BCUT2D eigenvalue weighted by Gasteiger charge is -2.09. The van der Waals surface area contributed by atoms with Crippen LogP contribution in [-0.4, -0.2) is 19.1 Å². The quantitative estimate of drug-likeness (QED) is 0.533. The van der Waals surface area contributed by atoms with Crippen LogP contribution in [0.1, 0.15) is 16.8 Å². The maximum Gasteiger partial charge on any atom is 0.256 e. The van der Waals surface area contributed by atoms with E-state index in [2.05, 4.69) is 26.7 Å². The highest BCUT2D eigenvalue weighted by Gasteiger charge is 2.07. The van der Waals surface area contributed by atoms with Crippen molar-refractivity contribution in [3.63, 3.8) is 0 Å². The first kappa shape index (κ1) is 17.2. The van der Waals surface area contributed by atoms with Crippen LogP contribution in [0.3, 0.4) is 0 Å². The third kappa shape index (κ3) is 3.99. The van der Waals surface area contributed by atoms with Crippen molar-refractivity contribution in [1.29, 1.82) is 0 Å². The smallest absolute Gasteiger partial charge is 0.256 e. The summed E-state index contributed by atoms with van der Waals surface area (Å²) in [5.74, 6) is 0.545. The molecule has 0 aliphatic heterocycles. The molecule has 0 N–H and O–H groups in total. The Morgan fingerprint density at radius 2 is 1.78 bits per heavy atom.